The molecule has 1 heterocycles. The van der Waals surface area contributed by atoms with Gasteiger partial charge in [-0.25, -0.2) is 0 Å². The summed E-state index contributed by atoms with van der Waals surface area (Å²) in [5.74, 6) is 0.714. The third kappa shape index (κ3) is 1.69. The van der Waals surface area contributed by atoms with E-state index in [-0.39, 0.29) is 11.6 Å². The zero-order valence-electron chi connectivity index (χ0n) is 10.4. The second-order valence-corrected chi connectivity index (χ2v) is 4.90. The molecule has 2 aliphatic rings. The van der Waals surface area contributed by atoms with E-state index in [2.05, 4.69) is 16.8 Å². The van der Waals surface area contributed by atoms with Crippen LogP contribution in [-0.4, -0.2) is 42.7 Å². The number of nitrogens with zero attached hydrogens (tertiary/aromatic N) is 2. The van der Waals surface area contributed by atoms with E-state index in [4.69, 9.17) is 10.5 Å². The molecule has 0 saturated heterocycles. The van der Waals surface area contributed by atoms with Crippen LogP contribution in [0.1, 0.15) is 39.0 Å². The summed E-state index contributed by atoms with van der Waals surface area (Å²) < 4.78 is 5.68. The smallest absolute Gasteiger partial charge is 0.191 e. The summed E-state index contributed by atoms with van der Waals surface area (Å²) in [6, 6.07) is 0. The van der Waals surface area contributed by atoms with Gasteiger partial charge in [0, 0.05) is 13.7 Å². The number of hydrogen-bond acceptors (Lipinski definition) is 4. The van der Waals surface area contributed by atoms with Crippen molar-refractivity contribution in [3.8, 4) is 0 Å². The standard InChI is InChI=1S/C12H23N3O/c1-3-8-15-11(13)14-9-12(15)7-5-4-6-10(12)16-2/h10H,3-9H2,1-2H3,(H2,13,14). The molecule has 0 aromatic carbocycles. The van der Waals surface area contributed by atoms with Gasteiger partial charge in [0.1, 0.15) is 0 Å². The summed E-state index contributed by atoms with van der Waals surface area (Å²) in [5, 5.41) is 0. The predicted molar refractivity (Wildman–Crippen MR) is 65.5 cm³/mol. The number of hydrogen-bond donors (Lipinski definition) is 1. The molecule has 4 heteroatoms. The summed E-state index contributed by atoms with van der Waals surface area (Å²) in [6.45, 7) is 4.00. The van der Waals surface area contributed by atoms with E-state index in [0.29, 0.717) is 5.96 Å². The van der Waals surface area contributed by atoms with Crippen LogP contribution in [0.5, 0.6) is 0 Å². The van der Waals surface area contributed by atoms with Gasteiger partial charge in [0.05, 0.1) is 18.2 Å². The molecule has 1 saturated carbocycles. The topological polar surface area (TPSA) is 50.8 Å². The van der Waals surface area contributed by atoms with Gasteiger partial charge in [-0.15, -0.1) is 0 Å². The minimum Gasteiger partial charge on any atom is -0.379 e. The van der Waals surface area contributed by atoms with Gasteiger partial charge in [0.2, 0.25) is 0 Å². The van der Waals surface area contributed by atoms with Crippen LogP contribution < -0.4 is 5.73 Å². The first kappa shape index (κ1) is 11.7. The zero-order valence-corrected chi connectivity index (χ0v) is 10.4. The van der Waals surface area contributed by atoms with Crippen LogP contribution in [0.3, 0.4) is 0 Å². The Morgan fingerprint density at radius 2 is 2.38 bits per heavy atom. The van der Waals surface area contributed by atoms with Crippen LogP contribution in [0.15, 0.2) is 4.99 Å². The molecule has 2 unspecified atom stereocenters. The number of ether oxygens (including phenoxy) is 1. The second kappa shape index (κ2) is 4.62. The Labute approximate surface area is 97.9 Å². The molecule has 0 aromatic heterocycles. The lowest BCUT2D eigenvalue weighted by Gasteiger charge is -2.46. The molecule has 0 aromatic rings. The van der Waals surface area contributed by atoms with Crippen LogP contribution in [0, 0.1) is 0 Å². The monoisotopic (exact) mass is 225 g/mol. The van der Waals surface area contributed by atoms with Crippen molar-refractivity contribution in [2.45, 2.75) is 50.7 Å². The van der Waals surface area contributed by atoms with Gasteiger partial charge in [0.25, 0.3) is 0 Å². The van der Waals surface area contributed by atoms with E-state index in [1.807, 2.05) is 7.11 Å². The van der Waals surface area contributed by atoms with Crippen LogP contribution in [-0.2, 0) is 4.74 Å². The van der Waals surface area contributed by atoms with Gasteiger partial charge in [0.15, 0.2) is 5.96 Å². The van der Waals surface area contributed by atoms with Gasteiger partial charge in [-0.2, -0.15) is 0 Å². The van der Waals surface area contributed by atoms with Gasteiger partial charge in [-0.3, -0.25) is 4.99 Å². The van der Waals surface area contributed by atoms with Crippen molar-refractivity contribution >= 4 is 5.96 Å². The van der Waals surface area contributed by atoms with Crippen molar-refractivity contribution in [3.05, 3.63) is 0 Å². The maximum Gasteiger partial charge on any atom is 0.191 e. The van der Waals surface area contributed by atoms with Crippen molar-refractivity contribution in [2.75, 3.05) is 20.2 Å². The Hall–Kier alpha value is -0.770. The van der Waals surface area contributed by atoms with Crippen molar-refractivity contribution in [1.29, 1.82) is 0 Å². The summed E-state index contributed by atoms with van der Waals surface area (Å²) in [5.41, 5.74) is 6.07. The summed E-state index contributed by atoms with van der Waals surface area (Å²) in [4.78, 5) is 6.74. The maximum absolute atomic E-state index is 6.01. The highest BCUT2D eigenvalue weighted by atomic mass is 16.5. The summed E-state index contributed by atoms with van der Waals surface area (Å²) in [7, 11) is 1.82. The van der Waals surface area contributed by atoms with Gasteiger partial charge in [-0.1, -0.05) is 19.8 Å². The fourth-order valence-electron chi connectivity index (χ4n) is 3.19. The molecular formula is C12H23N3O. The molecular weight excluding hydrogens is 202 g/mol. The predicted octanol–water partition coefficient (Wildman–Crippen LogP) is 1.35. The first-order valence-electron chi connectivity index (χ1n) is 6.35. The molecule has 2 atom stereocenters. The molecule has 1 spiro atoms. The van der Waals surface area contributed by atoms with E-state index in [0.717, 1.165) is 32.4 Å². The Kier molecular flexibility index (Phi) is 3.38. The van der Waals surface area contributed by atoms with E-state index in [1.54, 1.807) is 0 Å². The number of nitrogens with two attached hydrogens (primary N) is 1. The van der Waals surface area contributed by atoms with E-state index in [1.165, 1.54) is 12.8 Å². The third-order valence-corrected chi connectivity index (χ3v) is 3.99. The van der Waals surface area contributed by atoms with E-state index >= 15 is 0 Å². The fraction of sp³-hybridized carbons (Fsp3) is 0.917. The molecule has 0 bridgehead atoms. The van der Waals surface area contributed by atoms with Crippen LogP contribution in [0.4, 0.5) is 0 Å². The Balaban J connectivity index is 2.21. The Morgan fingerprint density at radius 3 is 3.06 bits per heavy atom. The molecule has 1 fully saturated rings. The zero-order chi connectivity index (χ0) is 11.6. The molecule has 1 aliphatic carbocycles. The van der Waals surface area contributed by atoms with Crippen molar-refractivity contribution < 1.29 is 4.74 Å². The summed E-state index contributed by atoms with van der Waals surface area (Å²) in [6.07, 6.45) is 6.23. The normalized spacial score (nSPS) is 34.5. The molecule has 0 radical (unpaired) electrons. The van der Waals surface area contributed by atoms with Crippen molar-refractivity contribution in [2.24, 2.45) is 10.7 Å². The second-order valence-electron chi connectivity index (χ2n) is 4.90. The Bertz CT molecular complexity index is 279. The van der Waals surface area contributed by atoms with Crippen molar-refractivity contribution in [1.82, 2.24) is 4.90 Å². The van der Waals surface area contributed by atoms with E-state index < -0.39 is 0 Å². The number of guanidine groups is 1. The summed E-state index contributed by atoms with van der Waals surface area (Å²) >= 11 is 0. The van der Waals surface area contributed by atoms with Crippen LogP contribution in [0.2, 0.25) is 0 Å². The lowest BCUT2D eigenvalue weighted by atomic mass is 9.78. The van der Waals surface area contributed by atoms with Gasteiger partial charge in [-0.05, 0) is 19.3 Å². The SMILES string of the molecule is CCCN1C(N)=NCC12CCCCC2OC. The molecule has 2 N–H and O–H groups in total. The van der Waals surface area contributed by atoms with Crippen LogP contribution >= 0.6 is 0 Å². The first-order chi connectivity index (χ1) is 7.74. The number of aliphatic imine (C=N–C) groups is 1. The average Bonchev–Trinajstić information content (AvgIpc) is 2.60. The van der Waals surface area contributed by atoms with Gasteiger partial charge < -0.3 is 15.4 Å². The molecule has 1 aliphatic heterocycles. The molecule has 16 heavy (non-hydrogen) atoms. The quantitative estimate of drug-likeness (QED) is 0.789. The minimum atomic E-state index is 0.0626. The van der Waals surface area contributed by atoms with Gasteiger partial charge >= 0.3 is 0 Å². The highest BCUT2D eigenvalue weighted by molar-refractivity contribution is 5.81. The highest BCUT2D eigenvalue weighted by Gasteiger charge is 2.49. The van der Waals surface area contributed by atoms with Crippen LogP contribution in [0.25, 0.3) is 0 Å². The number of methoxy groups -OCH3 is 1. The molecule has 0 amide bonds. The Morgan fingerprint density at radius 1 is 1.56 bits per heavy atom. The highest BCUT2D eigenvalue weighted by Crippen LogP contribution is 2.38. The molecule has 4 nitrogen and oxygen atoms in total. The largest absolute Gasteiger partial charge is 0.379 e. The fourth-order valence-corrected chi connectivity index (χ4v) is 3.19. The number of rotatable bonds is 3. The molecule has 92 valence electrons. The molecule has 2 rings (SSSR count). The minimum absolute atomic E-state index is 0.0626. The lowest BCUT2D eigenvalue weighted by Crippen LogP contribution is -2.60. The van der Waals surface area contributed by atoms with Crippen molar-refractivity contribution in [3.63, 3.8) is 0 Å². The lowest BCUT2D eigenvalue weighted by molar-refractivity contribution is -0.0418. The average molecular weight is 225 g/mol. The third-order valence-electron chi connectivity index (χ3n) is 3.99. The maximum atomic E-state index is 6.01. The first-order valence-corrected chi connectivity index (χ1v) is 6.35. The van der Waals surface area contributed by atoms with E-state index in [9.17, 15) is 0 Å².